The van der Waals surface area contributed by atoms with Gasteiger partial charge in [-0.1, -0.05) is 6.07 Å². The van der Waals surface area contributed by atoms with E-state index < -0.39 is 0 Å². The van der Waals surface area contributed by atoms with Crippen LogP contribution < -0.4 is 61.0 Å². The number of rotatable bonds is 4. The molecule has 5 nitrogen and oxygen atoms in total. The van der Waals surface area contributed by atoms with E-state index in [9.17, 15) is 4.79 Å². The third-order valence-corrected chi connectivity index (χ3v) is 4.02. The van der Waals surface area contributed by atoms with Crippen molar-refractivity contribution in [1.82, 2.24) is 9.78 Å². The average molecular weight is 337 g/mol. The van der Waals surface area contributed by atoms with Crippen molar-refractivity contribution in [2.75, 3.05) is 18.6 Å². The average Bonchev–Trinajstić information content (AvgIpc) is 3.04. The molecule has 0 spiro atoms. The molecule has 23 heavy (non-hydrogen) atoms. The van der Waals surface area contributed by atoms with Gasteiger partial charge in [-0.3, -0.25) is 9.48 Å². The Hall–Kier alpha value is -0.924. The Kier molecular flexibility index (Phi) is 6.22. The molecule has 1 aromatic heterocycles. The number of carbonyl (C=O) groups is 1. The number of hydrogen-bond acceptors (Lipinski definition) is 4. The van der Waals surface area contributed by atoms with Gasteiger partial charge in [0.1, 0.15) is 17.9 Å². The summed E-state index contributed by atoms with van der Waals surface area (Å²) in [5, 5.41) is 4.50. The van der Waals surface area contributed by atoms with Crippen molar-refractivity contribution in [3.05, 3.63) is 41.1 Å². The van der Waals surface area contributed by atoms with E-state index in [1.54, 1.807) is 7.11 Å². The van der Waals surface area contributed by atoms with E-state index >= 15 is 0 Å². The van der Waals surface area contributed by atoms with Crippen molar-refractivity contribution in [3.8, 4) is 5.75 Å². The van der Waals surface area contributed by atoms with Gasteiger partial charge < -0.3 is 11.1 Å². The first-order chi connectivity index (χ1) is 10.7. The molecule has 0 bridgehead atoms. The van der Waals surface area contributed by atoms with Gasteiger partial charge in [-0.15, -0.1) is 0 Å². The Bertz CT molecular complexity index is 759. The zero-order valence-electron chi connectivity index (χ0n) is 15.0. The van der Waals surface area contributed by atoms with Gasteiger partial charge >= 0.3 is 51.4 Å². The second kappa shape index (κ2) is 7.76. The molecule has 0 fully saturated rings. The zero-order valence-corrected chi connectivity index (χ0v) is 17.2. The van der Waals surface area contributed by atoms with Crippen LogP contribution in [-0.2, 0) is 18.3 Å². The summed E-state index contributed by atoms with van der Waals surface area (Å²) < 4.78 is 7.21. The predicted molar refractivity (Wildman–Crippen MR) is 87.9 cm³/mol. The number of ether oxygens (including phenoxy) is 1. The topological polar surface area (TPSA) is 47.4 Å². The maximum atomic E-state index is 10.7. The van der Waals surface area contributed by atoms with Crippen molar-refractivity contribution < 1.29 is 62.3 Å². The third kappa shape index (κ3) is 3.46. The largest absolute Gasteiger partial charge is 1.00 e. The van der Waals surface area contributed by atoms with Crippen LogP contribution in [0.2, 0.25) is 0 Å². The summed E-state index contributed by atoms with van der Waals surface area (Å²) >= 11 is 0. The van der Waals surface area contributed by atoms with Crippen LogP contribution >= 0.6 is 0 Å². The van der Waals surface area contributed by atoms with E-state index in [0.29, 0.717) is 0 Å². The summed E-state index contributed by atoms with van der Waals surface area (Å²) in [6, 6.07) is 6.15. The van der Waals surface area contributed by atoms with Gasteiger partial charge in [-0.05, 0) is 37.1 Å². The molecule has 116 valence electrons. The van der Waals surface area contributed by atoms with E-state index in [1.807, 2.05) is 30.8 Å². The minimum absolute atomic E-state index is 0. The number of benzene rings is 1. The van der Waals surface area contributed by atoms with E-state index in [0.717, 1.165) is 47.8 Å². The van der Waals surface area contributed by atoms with Gasteiger partial charge in [0.2, 0.25) is 0 Å². The maximum Gasteiger partial charge on any atom is 1.00 e. The summed E-state index contributed by atoms with van der Waals surface area (Å²) in [5.74, 6) is 1.84. The third-order valence-electron chi connectivity index (χ3n) is 4.02. The second-order valence-electron chi connectivity index (χ2n) is 5.34. The van der Waals surface area contributed by atoms with Crippen LogP contribution in [0.4, 0.5) is 11.5 Å². The molecule has 0 aliphatic carbocycles. The molecule has 2 heterocycles. The van der Waals surface area contributed by atoms with Crippen LogP contribution in [0.15, 0.2) is 24.3 Å². The van der Waals surface area contributed by atoms with Crippen molar-refractivity contribution in [3.63, 3.8) is 0 Å². The molecule has 0 saturated heterocycles. The molecule has 6 heteroatoms. The van der Waals surface area contributed by atoms with E-state index in [1.165, 1.54) is 11.6 Å². The van der Waals surface area contributed by atoms with E-state index in [4.69, 9.17) is 4.74 Å². The van der Waals surface area contributed by atoms with Gasteiger partial charge in [0.25, 0.3) is 0 Å². The molecule has 3 rings (SSSR count). The molecule has 1 aliphatic rings. The molecule has 0 amide bonds. The van der Waals surface area contributed by atoms with Crippen molar-refractivity contribution >= 4 is 23.9 Å². The molecular formula is C17H20KN3O2. The smallest absolute Gasteiger partial charge is 1.00 e. The predicted octanol–water partition coefficient (Wildman–Crippen LogP) is -0.240. The van der Waals surface area contributed by atoms with Crippen LogP contribution in [0.3, 0.4) is 0 Å². The number of nitrogens with zero attached hydrogens (tertiary/aromatic N) is 3. The summed E-state index contributed by atoms with van der Waals surface area (Å²) in [6.45, 7) is 2.85. The van der Waals surface area contributed by atoms with Gasteiger partial charge in [0.15, 0.2) is 0 Å². The Balaban J connectivity index is 0.00000144. The fourth-order valence-electron chi connectivity index (χ4n) is 3.02. The molecule has 1 aromatic carbocycles. The second-order valence-corrected chi connectivity index (χ2v) is 5.34. The fourth-order valence-corrected chi connectivity index (χ4v) is 3.02. The summed E-state index contributed by atoms with van der Waals surface area (Å²) in [7, 11) is 3.60. The van der Waals surface area contributed by atoms with Crippen LogP contribution in [0.25, 0.3) is 6.08 Å². The standard InChI is InChI=1S/C17H19N3O2.K.H/c1-12-15(5-4-10-21)17(19(2)18-12)20-9-8-13-6-7-14(22-3)11-16(13)20;;/h4-7,10-11H,8-9H2,1-3H3;;/q;+1;-1/b5-4+;;. The number of aldehydes is 1. The number of methoxy groups -OCH3 is 1. The van der Waals surface area contributed by atoms with Gasteiger partial charge in [-0.25, -0.2) is 0 Å². The van der Waals surface area contributed by atoms with Crippen LogP contribution in [0, 0.1) is 6.92 Å². The Morgan fingerprint density at radius 2 is 2.17 bits per heavy atom. The van der Waals surface area contributed by atoms with Crippen LogP contribution in [0.5, 0.6) is 5.75 Å². The molecule has 0 saturated carbocycles. The molecule has 0 atom stereocenters. The van der Waals surface area contributed by atoms with E-state index in [-0.39, 0.29) is 52.8 Å². The number of aryl methyl sites for hydroxylation is 2. The van der Waals surface area contributed by atoms with Crippen LogP contribution in [-0.4, -0.2) is 29.7 Å². The normalized spacial score (nSPS) is 13.1. The Labute approximate surface area is 180 Å². The number of anilines is 2. The van der Waals surface area contributed by atoms with Crippen molar-refractivity contribution in [2.24, 2.45) is 7.05 Å². The number of fused-ring (bicyclic) bond motifs is 1. The SMILES string of the molecule is COc1ccc2c(c1)N(c1c(/C=C/C=O)c(C)nn1C)CC2.[H-].[K+]. The number of aromatic nitrogens is 2. The van der Waals surface area contributed by atoms with Crippen LogP contribution in [0.1, 0.15) is 18.2 Å². The molecule has 1 aliphatic heterocycles. The van der Waals surface area contributed by atoms with Gasteiger partial charge in [0.05, 0.1) is 12.8 Å². The van der Waals surface area contributed by atoms with Gasteiger partial charge in [0, 0.05) is 30.9 Å². The number of allylic oxidation sites excluding steroid dienone is 1. The monoisotopic (exact) mass is 337 g/mol. The first kappa shape index (κ1) is 18.4. The zero-order chi connectivity index (χ0) is 15.7. The van der Waals surface area contributed by atoms with Crippen molar-refractivity contribution in [1.29, 1.82) is 0 Å². The first-order valence-electron chi connectivity index (χ1n) is 7.25. The number of hydrogen-bond donors (Lipinski definition) is 0. The molecule has 0 radical (unpaired) electrons. The Morgan fingerprint density at radius 1 is 1.39 bits per heavy atom. The van der Waals surface area contributed by atoms with E-state index in [2.05, 4.69) is 22.1 Å². The fraction of sp³-hybridized carbons (Fsp3) is 0.294. The quantitative estimate of drug-likeness (QED) is 0.439. The molecular weight excluding hydrogens is 317 g/mol. The summed E-state index contributed by atoms with van der Waals surface area (Å²) in [5.41, 5.74) is 4.32. The molecule has 0 unspecified atom stereocenters. The summed E-state index contributed by atoms with van der Waals surface area (Å²) in [4.78, 5) is 12.9. The minimum Gasteiger partial charge on any atom is -1.00 e. The molecule has 2 aromatic rings. The van der Waals surface area contributed by atoms with Crippen molar-refractivity contribution in [2.45, 2.75) is 13.3 Å². The number of carbonyl (C=O) groups excluding carboxylic acids is 1. The maximum absolute atomic E-state index is 10.7. The first-order valence-corrected chi connectivity index (χ1v) is 7.25. The van der Waals surface area contributed by atoms with Gasteiger partial charge in [-0.2, -0.15) is 5.10 Å². The summed E-state index contributed by atoms with van der Waals surface area (Å²) in [6.07, 6.45) is 5.11. The Morgan fingerprint density at radius 3 is 2.87 bits per heavy atom. The minimum atomic E-state index is 0. The molecule has 0 N–H and O–H groups in total.